The van der Waals surface area contributed by atoms with Gasteiger partial charge in [0.2, 0.25) is 5.91 Å². The van der Waals surface area contributed by atoms with Crippen LogP contribution in [0, 0.1) is 5.82 Å². The number of nitrogens with one attached hydrogen (secondary N) is 2. The number of nitrogens with zero attached hydrogens (tertiary/aromatic N) is 1. The van der Waals surface area contributed by atoms with Crippen LogP contribution in [0.15, 0.2) is 48.7 Å². The number of hydrogen-bond donors (Lipinski definition) is 3. The van der Waals surface area contributed by atoms with Crippen molar-refractivity contribution in [3.8, 4) is 11.1 Å². The average Bonchev–Trinajstić information content (AvgIpc) is 2.59. The molecule has 0 atom stereocenters. The molecule has 0 bridgehead atoms. The molecule has 4 N–H and O–H groups in total. The number of anilines is 2. The molecule has 0 aliphatic rings. The Labute approximate surface area is 145 Å². The van der Waals surface area contributed by atoms with E-state index in [4.69, 9.17) is 5.73 Å². The Morgan fingerprint density at radius 2 is 1.88 bits per heavy atom. The lowest BCUT2D eigenvalue weighted by Gasteiger charge is -2.13. The summed E-state index contributed by atoms with van der Waals surface area (Å²) in [6.07, 6.45) is 1.76. The van der Waals surface area contributed by atoms with Gasteiger partial charge in [0.1, 0.15) is 11.6 Å². The molecule has 0 saturated heterocycles. The van der Waals surface area contributed by atoms with Gasteiger partial charge < -0.3 is 16.4 Å². The first-order valence-corrected chi connectivity index (χ1v) is 7.97. The van der Waals surface area contributed by atoms with Crippen LogP contribution in [0.2, 0.25) is 0 Å². The van der Waals surface area contributed by atoms with Gasteiger partial charge in [-0.25, -0.2) is 9.37 Å². The second-order valence-electron chi connectivity index (χ2n) is 5.74. The molecule has 3 aromatic rings. The van der Waals surface area contributed by atoms with Crippen LogP contribution in [0.4, 0.5) is 15.9 Å². The number of carbonyl (C=O) groups is 1. The van der Waals surface area contributed by atoms with Crippen LogP contribution < -0.4 is 16.4 Å². The number of benzene rings is 2. The van der Waals surface area contributed by atoms with E-state index in [9.17, 15) is 9.18 Å². The fraction of sp³-hybridized carbons (Fsp3) is 0.158. The van der Waals surface area contributed by atoms with E-state index in [0.717, 1.165) is 16.5 Å². The lowest BCUT2D eigenvalue weighted by Crippen LogP contribution is -2.26. The molecular weight excluding hydrogens is 319 g/mol. The zero-order valence-corrected chi connectivity index (χ0v) is 13.8. The van der Waals surface area contributed by atoms with Crippen LogP contribution in [0.3, 0.4) is 0 Å². The van der Waals surface area contributed by atoms with Crippen molar-refractivity contribution in [2.75, 3.05) is 24.1 Å². The Hall–Kier alpha value is -3.15. The van der Waals surface area contributed by atoms with Gasteiger partial charge in [-0.3, -0.25) is 4.79 Å². The van der Waals surface area contributed by atoms with Crippen molar-refractivity contribution in [1.82, 2.24) is 10.3 Å². The molecule has 0 saturated carbocycles. The number of nitrogens with two attached hydrogens (primary N) is 1. The van der Waals surface area contributed by atoms with E-state index in [-0.39, 0.29) is 11.7 Å². The molecule has 0 radical (unpaired) electrons. The number of pyridine rings is 1. The minimum absolute atomic E-state index is 0.0932. The molecule has 1 aromatic heterocycles. The molecule has 0 fully saturated rings. The lowest BCUT2D eigenvalue weighted by atomic mass is 10.00. The van der Waals surface area contributed by atoms with Crippen molar-refractivity contribution in [2.24, 2.45) is 0 Å². The van der Waals surface area contributed by atoms with Crippen molar-refractivity contribution in [3.05, 3.63) is 54.5 Å². The Balaban J connectivity index is 1.97. The Kier molecular flexibility index (Phi) is 4.79. The molecule has 0 aliphatic heterocycles. The van der Waals surface area contributed by atoms with Crippen LogP contribution in [-0.2, 0) is 4.79 Å². The summed E-state index contributed by atoms with van der Waals surface area (Å²) in [6, 6.07) is 12.1. The number of carbonyl (C=O) groups excluding carboxylic acids is 1. The normalized spacial score (nSPS) is 10.6. The predicted molar refractivity (Wildman–Crippen MR) is 98.7 cm³/mol. The number of nitrogen functional groups attached to an aromatic ring is 1. The van der Waals surface area contributed by atoms with Gasteiger partial charge in [0.15, 0.2) is 0 Å². The summed E-state index contributed by atoms with van der Waals surface area (Å²) in [4.78, 5) is 15.4. The van der Waals surface area contributed by atoms with Crippen molar-refractivity contribution in [2.45, 2.75) is 6.92 Å². The SMILES string of the molecule is CC(=O)NCCNc1ncc(-c2ccc(N)cc2)c2ccc(F)cc12. The zero-order valence-electron chi connectivity index (χ0n) is 13.8. The van der Waals surface area contributed by atoms with Crippen molar-refractivity contribution in [1.29, 1.82) is 0 Å². The maximum Gasteiger partial charge on any atom is 0.216 e. The van der Waals surface area contributed by atoms with Crippen molar-refractivity contribution < 1.29 is 9.18 Å². The van der Waals surface area contributed by atoms with Gasteiger partial charge in [0.25, 0.3) is 0 Å². The highest BCUT2D eigenvalue weighted by Crippen LogP contribution is 2.32. The third-order valence-electron chi connectivity index (χ3n) is 3.86. The third-order valence-corrected chi connectivity index (χ3v) is 3.86. The molecule has 0 spiro atoms. The fourth-order valence-corrected chi connectivity index (χ4v) is 2.67. The number of fused-ring (bicyclic) bond motifs is 1. The highest BCUT2D eigenvalue weighted by molar-refractivity contribution is 6.01. The number of halogens is 1. The van der Waals surface area contributed by atoms with Gasteiger partial charge in [-0.2, -0.15) is 0 Å². The number of aromatic nitrogens is 1. The van der Waals surface area contributed by atoms with Gasteiger partial charge in [-0.1, -0.05) is 18.2 Å². The minimum Gasteiger partial charge on any atom is -0.399 e. The molecule has 2 aromatic carbocycles. The molecular formula is C19H19FN4O. The maximum atomic E-state index is 13.8. The van der Waals surface area contributed by atoms with Crippen molar-refractivity contribution >= 4 is 28.2 Å². The van der Waals surface area contributed by atoms with E-state index >= 15 is 0 Å². The van der Waals surface area contributed by atoms with Gasteiger partial charge in [0.05, 0.1) is 0 Å². The number of hydrogen-bond acceptors (Lipinski definition) is 4. The van der Waals surface area contributed by atoms with E-state index in [1.54, 1.807) is 12.3 Å². The van der Waals surface area contributed by atoms with Gasteiger partial charge in [0, 0.05) is 42.8 Å². The van der Waals surface area contributed by atoms with Crippen LogP contribution >= 0.6 is 0 Å². The number of amides is 1. The molecule has 6 heteroatoms. The molecule has 1 heterocycles. The molecule has 25 heavy (non-hydrogen) atoms. The summed E-state index contributed by atoms with van der Waals surface area (Å²) in [6.45, 7) is 2.43. The van der Waals surface area contributed by atoms with Crippen LogP contribution in [0.1, 0.15) is 6.92 Å². The molecule has 3 rings (SSSR count). The first kappa shape index (κ1) is 16.7. The highest BCUT2D eigenvalue weighted by Gasteiger charge is 2.10. The molecule has 0 unspecified atom stereocenters. The molecule has 128 valence electrons. The predicted octanol–water partition coefficient (Wildman–Crippen LogP) is 3.17. The topological polar surface area (TPSA) is 80.0 Å². The number of rotatable bonds is 5. The van der Waals surface area contributed by atoms with Crippen molar-refractivity contribution in [3.63, 3.8) is 0 Å². The van der Waals surface area contributed by atoms with Gasteiger partial charge in [-0.15, -0.1) is 0 Å². The van der Waals surface area contributed by atoms with Gasteiger partial charge in [-0.05, 0) is 35.2 Å². The Bertz CT molecular complexity index is 909. The zero-order chi connectivity index (χ0) is 17.8. The Morgan fingerprint density at radius 3 is 2.60 bits per heavy atom. The highest BCUT2D eigenvalue weighted by atomic mass is 19.1. The standard InChI is InChI=1S/C19H19FN4O/c1-12(25)22-8-9-23-19-17-10-14(20)4-7-16(17)18(11-24-19)13-2-5-15(21)6-3-13/h2-7,10-11H,8-9,21H2,1H3,(H,22,25)(H,23,24). The summed E-state index contributed by atoms with van der Waals surface area (Å²) in [5, 5.41) is 7.43. The lowest BCUT2D eigenvalue weighted by molar-refractivity contribution is -0.118. The summed E-state index contributed by atoms with van der Waals surface area (Å²) < 4.78 is 13.8. The van der Waals surface area contributed by atoms with Crippen LogP contribution in [0.25, 0.3) is 21.9 Å². The first-order chi connectivity index (χ1) is 12.0. The average molecular weight is 338 g/mol. The minimum atomic E-state index is -0.325. The summed E-state index contributed by atoms with van der Waals surface area (Å²) in [5.41, 5.74) is 8.30. The summed E-state index contributed by atoms with van der Waals surface area (Å²) >= 11 is 0. The summed E-state index contributed by atoms with van der Waals surface area (Å²) in [7, 11) is 0. The van der Waals surface area contributed by atoms with Crippen LogP contribution in [-0.4, -0.2) is 24.0 Å². The Morgan fingerprint density at radius 1 is 1.12 bits per heavy atom. The molecule has 5 nitrogen and oxygen atoms in total. The maximum absolute atomic E-state index is 13.8. The van der Waals surface area contributed by atoms with Gasteiger partial charge >= 0.3 is 0 Å². The smallest absolute Gasteiger partial charge is 0.216 e. The van der Waals surface area contributed by atoms with Crippen LogP contribution in [0.5, 0.6) is 0 Å². The van der Waals surface area contributed by atoms with E-state index in [2.05, 4.69) is 15.6 Å². The summed E-state index contributed by atoms with van der Waals surface area (Å²) in [5.74, 6) is 0.164. The largest absolute Gasteiger partial charge is 0.399 e. The van der Waals surface area contributed by atoms with E-state index in [0.29, 0.717) is 30.0 Å². The van der Waals surface area contributed by atoms with E-state index in [1.165, 1.54) is 19.1 Å². The fourth-order valence-electron chi connectivity index (χ4n) is 2.67. The van der Waals surface area contributed by atoms with E-state index in [1.807, 2.05) is 24.3 Å². The monoisotopic (exact) mass is 338 g/mol. The molecule has 1 amide bonds. The second-order valence-corrected chi connectivity index (χ2v) is 5.74. The molecule has 0 aliphatic carbocycles. The first-order valence-electron chi connectivity index (χ1n) is 7.97. The quantitative estimate of drug-likeness (QED) is 0.493. The third kappa shape index (κ3) is 3.85. The van der Waals surface area contributed by atoms with E-state index < -0.39 is 0 Å². The second kappa shape index (κ2) is 7.17.